The quantitative estimate of drug-likeness (QED) is 0.192. The predicted molar refractivity (Wildman–Crippen MR) is 110 cm³/mol. The molecule has 0 unspecified atom stereocenters. The number of rotatable bonds is 8. The van der Waals surface area contributed by atoms with Crippen LogP contribution in [0.15, 0.2) is 6.33 Å². The summed E-state index contributed by atoms with van der Waals surface area (Å²) >= 11 is 5.83. The Labute approximate surface area is 186 Å². The molecule has 0 aromatic carbocycles. The molecule has 2 aromatic heterocycles. The largest absolute Gasteiger partial charge is 0.387 e. The number of hydrogen-bond donors (Lipinski definition) is 6. The molecule has 0 aliphatic carbocycles. The van der Waals surface area contributed by atoms with E-state index in [9.17, 15) is 29.4 Å². The topological polar surface area (TPSA) is 215 Å². The van der Waals surface area contributed by atoms with Crippen LogP contribution in [-0.4, -0.2) is 82.7 Å². The molecule has 5 atom stereocenters. The SMILES string of the molecule is CC(C)CNC(=O)[C@@H](OC[C@H]1O[C@@H](n2cnc3c(N)nc(Cl)nc32)[C@H](O)[C@@H]1O)P(=O)(O)O. The van der Waals surface area contributed by atoms with E-state index in [1.807, 2.05) is 13.8 Å². The van der Waals surface area contributed by atoms with E-state index in [1.165, 1.54) is 10.9 Å². The van der Waals surface area contributed by atoms with E-state index in [4.69, 9.17) is 26.8 Å². The Morgan fingerprint density at radius 2 is 2.06 bits per heavy atom. The minimum atomic E-state index is -4.99. The van der Waals surface area contributed by atoms with Crippen molar-refractivity contribution in [3.8, 4) is 0 Å². The first-order valence-electron chi connectivity index (χ1n) is 9.51. The molecule has 0 bridgehead atoms. The number of aliphatic hydroxyl groups excluding tert-OH is 2. The zero-order chi connectivity index (χ0) is 23.8. The number of nitrogen functional groups attached to an aromatic ring is 1. The summed E-state index contributed by atoms with van der Waals surface area (Å²) < 4.78 is 23.8. The maximum absolute atomic E-state index is 12.2. The Balaban J connectivity index is 1.75. The number of aromatic nitrogens is 4. The van der Waals surface area contributed by atoms with Gasteiger partial charge in [-0.15, -0.1) is 0 Å². The molecule has 7 N–H and O–H groups in total. The molecule has 1 amide bonds. The van der Waals surface area contributed by atoms with E-state index in [1.54, 1.807) is 0 Å². The number of fused-ring (bicyclic) bond motifs is 1. The molecule has 0 radical (unpaired) electrons. The van der Waals surface area contributed by atoms with Crippen molar-refractivity contribution in [1.82, 2.24) is 24.8 Å². The highest BCUT2D eigenvalue weighted by molar-refractivity contribution is 7.53. The van der Waals surface area contributed by atoms with Crippen molar-refractivity contribution < 1.29 is 38.8 Å². The number of nitrogens with one attached hydrogen (secondary N) is 1. The molecule has 1 aliphatic rings. The number of carbonyl (C=O) groups excluding carboxylic acids is 1. The van der Waals surface area contributed by atoms with Crippen LogP contribution in [0, 0.1) is 5.92 Å². The summed E-state index contributed by atoms with van der Waals surface area (Å²) in [5.41, 5.74) is 6.09. The third kappa shape index (κ3) is 5.18. The Kier molecular flexibility index (Phi) is 7.37. The number of hydrogen-bond acceptors (Lipinski definition) is 10. The highest BCUT2D eigenvalue weighted by atomic mass is 35.5. The maximum atomic E-state index is 12.2. The van der Waals surface area contributed by atoms with Crippen molar-refractivity contribution in [3.63, 3.8) is 0 Å². The van der Waals surface area contributed by atoms with Gasteiger partial charge in [0, 0.05) is 6.54 Å². The van der Waals surface area contributed by atoms with Crippen molar-refractivity contribution in [2.24, 2.45) is 5.92 Å². The van der Waals surface area contributed by atoms with Crippen LogP contribution in [0.5, 0.6) is 0 Å². The highest BCUT2D eigenvalue weighted by Gasteiger charge is 2.46. The van der Waals surface area contributed by atoms with Crippen LogP contribution in [-0.2, 0) is 18.8 Å². The fraction of sp³-hybridized carbons (Fsp3) is 0.625. The summed E-state index contributed by atoms with van der Waals surface area (Å²) in [7, 11) is -4.99. The molecule has 1 saturated heterocycles. The van der Waals surface area contributed by atoms with Gasteiger partial charge in [0.15, 0.2) is 17.7 Å². The number of aliphatic hydroxyl groups is 2. The summed E-state index contributed by atoms with van der Waals surface area (Å²) in [6.45, 7) is 3.21. The summed E-state index contributed by atoms with van der Waals surface area (Å²) in [5, 5.41) is 23.1. The van der Waals surface area contributed by atoms with Crippen LogP contribution in [0.3, 0.4) is 0 Å². The smallest absolute Gasteiger partial charge is 0.363 e. The molecule has 3 rings (SSSR count). The van der Waals surface area contributed by atoms with Gasteiger partial charge in [0.1, 0.15) is 23.8 Å². The first-order valence-corrected chi connectivity index (χ1v) is 11.6. The van der Waals surface area contributed by atoms with Gasteiger partial charge in [0.2, 0.25) is 11.1 Å². The van der Waals surface area contributed by atoms with Crippen molar-refractivity contribution in [2.75, 3.05) is 18.9 Å². The molecule has 0 spiro atoms. The fourth-order valence-electron chi connectivity index (χ4n) is 3.10. The highest BCUT2D eigenvalue weighted by Crippen LogP contribution is 2.42. The molecule has 3 heterocycles. The number of carbonyl (C=O) groups is 1. The molecular formula is C16H24ClN6O8P. The molecule has 178 valence electrons. The van der Waals surface area contributed by atoms with Gasteiger partial charge in [0.25, 0.3) is 5.91 Å². The Morgan fingerprint density at radius 1 is 1.38 bits per heavy atom. The van der Waals surface area contributed by atoms with Gasteiger partial charge in [-0.05, 0) is 17.5 Å². The van der Waals surface area contributed by atoms with E-state index in [-0.39, 0.29) is 34.7 Å². The Morgan fingerprint density at radius 3 is 2.69 bits per heavy atom. The van der Waals surface area contributed by atoms with Crippen molar-refractivity contribution >= 4 is 42.1 Å². The van der Waals surface area contributed by atoms with E-state index in [0.29, 0.717) is 0 Å². The van der Waals surface area contributed by atoms with Gasteiger partial charge in [-0.25, -0.2) is 4.98 Å². The second kappa shape index (κ2) is 9.53. The van der Waals surface area contributed by atoms with Crippen LogP contribution < -0.4 is 11.1 Å². The Hall–Kier alpha value is -1.90. The lowest BCUT2D eigenvalue weighted by atomic mass is 10.1. The molecule has 2 aromatic rings. The summed E-state index contributed by atoms with van der Waals surface area (Å²) in [6.07, 6.45) is -4.16. The number of nitrogens with two attached hydrogens (primary N) is 1. The summed E-state index contributed by atoms with van der Waals surface area (Å²) in [5.74, 6) is -3.06. The average Bonchev–Trinajstić information content (AvgIpc) is 3.21. The lowest BCUT2D eigenvalue weighted by Gasteiger charge is -2.22. The van der Waals surface area contributed by atoms with Gasteiger partial charge in [-0.1, -0.05) is 13.8 Å². The number of imidazole rings is 1. The number of nitrogens with zero attached hydrogens (tertiary/aromatic N) is 4. The van der Waals surface area contributed by atoms with Crippen LogP contribution in [0.25, 0.3) is 11.2 Å². The lowest BCUT2D eigenvalue weighted by Crippen LogP contribution is -2.41. The van der Waals surface area contributed by atoms with Crippen LogP contribution in [0.2, 0.25) is 5.28 Å². The zero-order valence-electron chi connectivity index (χ0n) is 17.1. The number of halogens is 1. The van der Waals surface area contributed by atoms with E-state index < -0.39 is 50.5 Å². The molecule has 1 fully saturated rings. The average molecular weight is 495 g/mol. The standard InChI is InChI=1S/C16H24ClN6O8P/c1-6(2)3-19-13(26)15(32(27,28)29)30-4-7-9(24)10(25)14(31-7)23-5-20-8-11(18)21-16(17)22-12(8)23/h5-7,9-10,14-15,24-25H,3-4H2,1-2H3,(H,19,26)(H2,18,21,22)(H2,27,28,29)/t7-,9-,10-,14-,15+/m1/s1. The summed E-state index contributed by atoms with van der Waals surface area (Å²) in [6, 6.07) is 0. The zero-order valence-corrected chi connectivity index (χ0v) is 18.7. The second-order valence-electron chi connectivity index (χ2n) is 7.66. The van der Waals surface area contributed by atoms with Gasteiger partial charge in [-0.3, -0.25) is 13.9 Å². The van der Waals surface area contributed by atoms with E-state index in [2.05, 4.69) is 20.3 Å². The molecule has 16 heteroatoms. The third-order valence-electron chi connectivity index (χ3n) is 4.67. The normalized spacial score (nSPS) is 24.9. The minimum Gasteiger partial charge on any atom is -0.387 e. The van der Waals surface area contributed by atoms with Crippen molar-refractivity contribution in [3.05, 3.63) is 11.6 Å². The first kappa shape index (κ1) is 24.7. The van der Waals surface area contributed by atoms with Gasteiger partial charge in [0.05, 0.1) is 12.9 Å². The number of ether oxygens (including phenoxy) is 2. The van der Waals surface area contributed by atoms with E-state index >= 15 is 0 Å². The minimum absolute atomic E-state index is 0.00330. The molecular weight excluding hydrogens is 471 g/mol. The van der Waals surface area contributed by atoms with Crippen molar-refractivity contribution in [1.29, 1.82) is 0 Å². The molecule has 32 heavy (non-hydrogen) atoms. The predicted octanol–water partition coefficient (Wildman–Crippen LogP) is -1.03. The third-order valence-corrected chi connectivity index (χ3v) is 5.83. The number of anilines is 1. The number of amides is 1. The first-order chi connectivity index (χ1) is 14.9. The van der Waals surface area contributed by atoms with Gasteiger partial charge in [-0.2, -0.15) is 9.97 Å². The summed E-state index contributed by atoms with van der Waals surface area (Å²) in [4.78, 5) is 43.0. The molecule has 1 aliphatic heterocycles. The van der Waals surface area contributed by atoms with Gasteiger partial charge >= 0.3 is 7.60 Å². The van der Waals surface area contributed by atoms with Gasteiger partial charge < -0.3 is 40.5 Å². The lowest BCUT2D eigenvalue weighted by molar-refractivity contribution is -0.133. The van der Waals surface area contributed by atoms with Crippen LogP contribution in [0.1, 0.15) is 20.1 Å². The van der Waals surface area contributed by atoms with Crippen molar-refractivity contribution in [2.45, 2.75) is 44.2 Å². The molecule has 14 nitrogen and oxygen atoms in total. The monoisotopic (exact) mass is 494 g/mol. The van der Waals surface area contributed by atoms with Crippen LogP contribution in [0.4, 0.5) is 5.82 Å². The van der Waals surface area contributed by atoms with Crippen LogP contribution >= 0.6 is 19.2 Å². The Bertz CT molecular complexity index is 1030. The molecule has 0 saturated carbocycles. The fourth-order valence-corrected chi connectivity index (χ4v) is 3.95. The van der Waals surface area contributed by atoms with E-state index in [0.717, 1.165) is 0 Å². The second-order valence-corrected chi connectivity index (χ2v) is 9.65. The maximum Gasteiger partial charge on any atom is 0.363 e.